The smallest absolute Gasteiger partial charge is 0.246 e. The van der Waals surface area contributed by atoms with Gasteiger partial charge >= 0.3 is 0 Å². The van der Waals surface area contributed by atoms with Gasteiger partial charge < -0.3 is 9.47 Å². The number of hydrogen-bond acceptors (Lipinski definition) is 8. The van der Waals surface area contributed by atoms with E-state index in [1.54, 1.807) is 25.3 Å². The molecule has 0 spiro atoms. The molecule has 1 aromatic heterocycles. The highest BCUT2D eigenvalue weighted by atomic mass is 32.2. The molecule has 150 valence electrons. The minimum Gasteiger partial charge on any atom is -0.493 e. The molecule has 1 aliphatic heterocycles. The van der Waals surface area contributed by atoms with Crippen LogP contribution in [-0.4, -0.2) is 43.8 Å². The number of rotatable bonds is 5. The van der Waals surface area contributed by atoms with Crippen LogP contribution in [0.4, 0.5) is 0 Å². The van der Waals surface area contributed by atoms with E-state index in [2.05, 4.69) is 16.4 Å². The second-order valence-corrected chi connectivity index (χ2v) is 8.40. The van der Waals surface area contributed by atoms with Crippen LogP contribution < -0.4 is 9.47 Å². The molecule has 3 aromatic rings. The first kappa shape index (κ1) is 19.2. The van der Waals surface area contributed by atoms with E-state index in [-0.39, 0.29) is 23.4 Å². The average molecular weight is 414 g/mol. The predicted octanol–water partition coefficient (Wildman–Crippen LogP) is 2.44. The quantitative estimate of drug-likeness (QED) is 0.624. The fourth-order valence-corrected chi connectivity index (χ4v) is 5.45. The number of fused-ring (bicyclic) bond motifs is 2. The third kappa shape index (κ3) is 3.08. The van der Waals surface area contributed by atoms with E-state index in [1.165, 1.54) is 17.5 Å². The van der Waals surface area contributed by atoms with Crippen molar-refractivity contribution in [2.24, 2.45) is 0 Å². The van der Waals surface area contributed by atoms with E-state index in [4.69, 9.17) is 14.1 Å². The molecule has 2 aromatic carbocycles. The van der Waals surface area contributed by atoms with Crippen molar-refractivity contribution in [1.82, 2.24) is 14.6 Å². The van der Waals surface area contributed by atoms with Crippen molar-refractivity contribution in [2.75, 3.05) is 20.8 Å². The molecule has 0 bridgehead atoms. The molecule has 29 heavy (non-hydrogen) atoms. The summed E-state index contributed by atoms with van der Waals surface area (Å²) in [4.78, 5) is 0.00289. The van der Waals surface area contributed by atoms with Gasteiger partial charge in [-0.25, -0.2) is 13.0 Å². The molecule has 0 saturated carbocycles. The number of aromatic nitrogens is 2. The highest BCUT2D eigenvalue weighted by Gasteiger charge is 2.38. The van der Waals surface area contributed by atoms with Crippen molar-refractivity contribution in [3.05, 3.63) is 41.5 Å². The number of methoxy groups -OCH3 is 2. The fourth-order valence-electron chi connectivity index (χ4n) is 3.71. The van der Waals surface area contributed by atoms with Gasteiger partial charge in [0, 0.05) is 6.54 Å². The highest BCUT2D eigenvalue weighted by molar-refractivity contribution is 7.89. The van der Waals surface area contributed by atoms with E-state index < -0.39 is 16.1 Å². The van der Waals surface area contributed by atoms with Crippen LogP contribution in [-0.2, 0) is 16.4 Å². The van der Waals surface area contributed by atoms with Gasteiger partial charge in [-0.1, -0.05) is 6.07 Å². The summed E-state index contributed by atoms with van der Waals surface area (Å²) in [5, 5.41) is 16.9. The maximum atomic E-state index is 13.5. The van der Waals surface area contributed by atoms with Crippen molar-refractivity contribution in [2.45, 2.75) is 23.8 Å². The summed E-state index contributed by atoms with van der Waals surface area (Å²) in [7, 11) is -0.902. The van der Waals surface area contributed by atoms with E-state index in [0.717, 1.165) is 11.1 Å². The first-order chi connectivity index (χ1) is 14.0. The van der Waals surface area contributed by atoms with Gasteiger partial charge in [-0.05, 0) is 52.1 Å². The second kappa shape index (κ2) is 7.35. The number of benzene rings is 2. The zero-order valence-electron chi connectivity index (χ0n) is 15.8. The van der Waals surface area contributed by atoms with Crippen molar-refractivity contribution < 1.29 is 22.5 Å². The van der Waals surface area contributed by atoms with Gasteiger partial charge in [0.15, 0.2) is 17.0 Å². The molecule has 0 fully saturated rings. The third-order valence-corrected chi connectivity index (χ3v) is 7.01. The van der Waals surface area contributed by atoms with Crippen LogP contribution in [0.3, 0.4) is 0 Å². The first-order valence-electron chi connectivity index (χ1n) is 8.86. The zero-order valence-corrected chi connectivity index (χ0v) is 16.6. The van der Waals surface area contributed by atoms with Crippen LogP contribution in [0.1, 0.15) is 23.6 Å². The summed E-state index contributed by atoms with van der Waals surface area (Å²) in [6.07, 6.45) is 0.471. The molecule has 10 heteroatoms. The molecule has 0 N–H and O–H groups in total. The molecule has 0 aliphatic carbocycles. The Hall–Kier alpha value is -3.16. The van der Waals surface area contributed by atoms with E-state index >= 15 is 0 Å². The molecule has 1 unspecified atom stereocenters. The Kier molecular flexibility index (Phi) is 4.86. The minimum atomic E-state index is -3.96. The van der Waals surface area contributed by atoms with E-state index in [1.807, 2.05) is 6.07 Å². The summed E-state index contributed by atoms with van der Waals surface area (Å²) < 4.78 is 43.8. The van der Waals surface area contributed by atoms with Crippen LogP contribution in [0.25, 0.3) is 11.0 Å². The van der Waals surface area contributed by atoms with Crippen molar-refractivity contribution >= 4 is 21.1 Å². The molecule has 9 nitrogen and oxygen atoms in total. The molecule has 1 atom stereocenters. The van der Waals surface area contributed by atoms with Crippen LogP contribution in [0.5, 0.6) is 11.5 Å². The Balaban J connectivity index is 1.85. The second-order valence-electron chi connectivity index (χ2n) is 6.54. The van der Waals surface area contributed by atoms with Gasteiger partial charge in [-0.3, -0.25) is 0 Å². The lowest BCUT2D eigenvalue weighted by atomic mass is 9.92. The summed E-state index contributed by atoms with van der Waals surface area (Å²) in [6, 6.07) is 9.71. The normalized spacial score (nSPS) is 16.9. The number of sulfonamides is 1. The molecule has 4 rings (SSSR count). The molecule has 0 saturated heterocycles. The maximum Gasteiger partial charge on any atom is 0.246 e. The molecule has 0 radical (unpaired) electrons. The standard InChI is InChI=1S/C19H18N4O5S/c1-26-16-10-12-7-9-23(15(6-8-20)13(12)11-17(16)27-2)29(24,25)18-5-3-4-14-19(18)22-28-21-14/h3-5,10-11,15H,6-7,9H2,1-2H3. The molecular weight excluding hydrogens is 396 g/mol. The number of ether oxygens (including phenoxy) is 2. The molecule has 1 aliphatic rings. The van der Waals surface area contributed by atoms with E-state index in [0.29, 0.717) is 23.4 Å². The fraction of sp³-hybridized carbons (Fsp3) is 0.316. The number of nitriles is 1. The SMILES string of the molecule is COc1cc2c(cc1OC)C(CC#N)N(S(=O)(=O)c1cccc3nonc13)CC2. The zero-order chi connectivity index (χ0) is 20.6. The van der Waals surface area contributed by atoms with Crippen LogP contribution in [0.15, 0.2) is 39.9 Å². The first-order valence-corrected chi connectivity index (χ1v) is 10.3. The molecule has 0 amide bonds. The van der Waals surface area contributed by atoms with Crippen LogP contribution >= 0.6 is 0 Å². The summed E-state index contributed by atoms with van der Waals surface area (Å²) >= 11 is 0. The molecular formula is C19H18N4O5S. The van der Waals surface area contributed by atoms with Gasteiger partial charge in [0.05, 0.1) is 32.8 Å². The topological polar surface area (TPSA) is 119 Å². The largest absolute Gasteiger partial charge is 0.493 e. The number of nitrogens with zero attached hydrogens (tertiary/aromatic N) is 4. The van der Waals surface area contributed by atoms with Crippen molar-refractivity contribution in [1.29, 1.82) is 5.26 Å². The van der Waals surface area contributed by atoms with Gasteiger partial charge in [0.25, 0.3) is 0 Å². The lowest BCUT2D eigenvalue weighted by Gasteiger charge is -2.35. The van der Waals surface area contributed by atoms with Crippen molar-refractivity contribution in [3.63, 3.8) is 0 Å². The van der Waals surface area contributed by atoms with Gasteiger partial charge in [-0.2, -0.15) is 9.57 Å². The monoisotopic (exact) mass is 414 g/mol. The van der Waals surface area contributed by atoms with E-state index in [9.17, 15) is 13.7 Å². The Morgan fingerprint density at radius 3 is 2.72 bits per heavy atom. The van der Waals surface area contributed by atoms with Gasteiger partial charge in [-0.15, -0.1) is 0 Å². The Labute approximate surface area is 167 Å². The third-order valence-electron chi connectivity index (χ3n) is 5.07. The summed E-state index contributed by atoms with van der Waals surface area (Å²) in [5.41, 5.74) is 2.17. The maximum absolute atomic E-state index is 13.5. The van der Waals surface area contributed by atoms with Gasteiger partial charge in [0.2, 0.25) is 10.0 Å². The number of hydrogen-bond donors (Lipinski definition) is 0. The Bertz CT molecular complexity index is 1220. The lowest BCUT2D eigenvalue weighted by Crippen LogP contribution is -2.40. The van der Waals surface area contributed by atoms with Crippen molar-refractivity contribution in [3.8, 4) is 17.6 Å². The molecule has 2 heterocycles. The van der Waals surface area contributed by atoms with Gasteiger partial charge in [0.1, 0.15) is 10.4 Å². The lowest BCUT2D eigenvalue weighted by molar-refractivity contribution is 0.305. The van der Waals surface area contributed by atoms with Crippen LogP contribution in [0.2, 0.25) is 0 Å². The summed E-state index contributed by atoms with van der Waals surface area (Å²) in [5.74, 6) is 1.05. The predicted molar refractivity (Wildman–Crippen MR) is 102 cm³/mol. The van der Waals surface area contributed by atoms with Crippen LogP contribution in [0, 0.1) is 11.3 Å². The Morgan fingerprint density at radius 2 is 2.00 bits per heavy atom. The minimum absolute atomic E-state index is 0.00289. The Morgan fingerprint density at radius 1 is 1.24 bits per heavy atom. The highest BCUT2D eigenvalue weighted by Crippen LogP contribution is 2.41. The summed E-state index contributed by atoms with van der Waals surface area (Å²) in [6.45, 7) is 0.221. The average Bonchev–Trinajstić information content (AvgIpc) is 3.21.